The Hall–Kier alpha value is -3.34. The minimum absolute atomic E-state index is 0.0627. The van der Waals surface area contributed by atoms with Gasteiger partial charge in [0.1, 0.15) is 0 Å². The quantitative estimate of drug-likeness (QED) is 0.380. The lowest BCUT2D eigenvalue weighted by Gasteiger charge is -2.03. The van der Waals surface area contributed by atoms with Gasteiger partial charge in [-0.25, -0.2) is 0 Å². The Labute approximate surface area is 170 Å². The zero-order valence-corrected chi connectivity index (χ0v) is 16.9. The fourth-order valence-corrected chi connectivity index (χ4v) is 3.85. The molecule has 2 aromatic carbocycles. The summed E-state index contributed by atoms with van der Waals surface area (Å²) in [5.74, 6) is -0.0627. The summed E-state index contributed by atoms with van der Waals surface area (Å²) in [5, 5.41) is 9.58. The van der Waals surface area contributed by atoms with Crippen molar-refractivity contribution >= 4 is 33.8 Å². The highest BCUT2D eigenvalue weighted by Crippen LogP contribution is 2.29. The van der Waals surface area contributed by atoms with Crippen LogP contribution in [0.2, 0.25) is 0 Å². The number of carbonyl (C=O) groups is 1. The smallest absolute Gasteiger partial charge is 0.243 e. The van der Waals surface area contributed by atoms with Crippen molar-refractivity contribution < 1.29 is 4.79 Å². The molecule has 0 saturated carbocycles. The highest BCUT2D eigenvalue weighted by Gasteiger charge is 2.09. The summed E-state index contributed by atoms with van der Waals surface area (Å²) in [4.78, 5) is 12.1. The zero-order chi connectivity index (χ0) is 20.2. The van der Waals surface area contributed by atoms with Crippen molar-refractivity contribution in [3.05, 3.63) is 72.1 Å². The van der Waals surface area contributed by atoms with Crippen LogP contribution in [0.1, 0.15) is 24.5 Å². The number of benzene rings is 2. The second-order valence-electron chi connectivity index (χ2n) is 7.29. The van der Waals surface area contributed by atoms with Crippen molar-refractivity contribution in [2.45, 2.75) is 26.3 Å². The number of aryl methyl sites for hydroxylation is 3. The Kier molecular flexibility index (Phi) is 5.47. The molecular formula is C24H26N4O. The first-order valence-electron chi connectivity index (χ1n) is 10.1. The minimum atomic E-state index is -0.0627. The maximum absolute atomic E-state index is 12.1. The number of amides is 1. The van der Waals surface area contributed by atoms with Crippen LogP contribution in [0.15, 0.2) is 60.9 Å². The lowest BCUT2D eigenvalue weighted by atomic mass is 10.1. The molecule has 4 aromatic rings. The summed E-state index contributed by atoms with van der Waals surface area (Å²) in [6.45, 7) is 3.75. The number of hydrogen-bond donors (Lipinski definition) is 1. The first-order valence-corrected chi connectivity index (χ1v) is 10.1. The van der Waals surface area contributed by atoms with Crippen molar-refractivity contribution in [3.63, 3.8) is 0 Å². The van der Waals surface area contributed by atoms with Gasteiger partial charge in [0.25, 0.3) is 0 Å². The monoisotopic (exact) mass is 386 g/mol. The van der Waals surface area contributed by atoms with Crippen LogP contribution in [0, 0.1) is 0 Å². The average molecular weight is 386 g/mol. The van der Waals surface area contributed by atoms with Crippen LogP contribution in [0.25, 0.3) is 27.9 Å². The number of carbonyl (C=O) groups excluding carboxylic acids is 1. The standard InChI is InChI=1S/C24H26N4O/c1-3-28-22-9-5-4-8-20(22)21-15-18(10-12-23(21)28)11-13-24(29)25-14-6-7-19-16-26-27(2)17-19/h4-5,8-13,15-17H,3,6-7,14H2,1-2H3,(H,25,29)/b13-11+. The zero-order valence-electron chi connectivity index (χ0n) is 16.9. The molecule has 0 radical (unpaired) electrons. The highest BCUT2D eigenvalue weighted by atomic mass is 16.1. The summed E-state index contributed by atoms with van der Waals surface area (Å²) in [7, 11) is 1.91. The minimum Gasteiger partial charge on any atom is -0.353 e. The SMILES string of the molecule is CCn1c2ccccc2c2cc(/C=C/C(=O)NCCCc3cnn(C)c3)ccc21. The normalized spacial score (nSPS) is 11.7. The van der Waals surface area contributed by atoms with Gasteiger partial charge in [-0.2, -0.15) is 5.10 Å². The summed E-state index contributed by atoms with van der Waals surface area (Å²) in [5.41, 5.74) is 4.70. The van der Waals surface area contributed by atoms with E-state index >= 15 is 0 Å². The van der Waals surface area contributed by atoms with Gasteiger partial charge in [0.2, 0.25) is 5.91 Å². The fourth-order valence-electron chi connectivity index (χ4n) is 3.85. The second kappa shape index (κ2) is 8.35. The van der Waals surface area contributed by atoms with Gasteiger partial charge in [-0.3, -0.25) is 9.48 Å². The molecule has 0 saturated heterocycles. The summed E-state index contributed by atoms with van der Waals surface area (Å²) < 4.78 is 4.12. The van der Waals surface area contributed by atoms with Crippen LogP contribution in [0.5, 0.6) is 0 Å². The van der Waals surface area contributed by atoms with Crippen molar-refractivity contribution in [1.82, 2.24) is 19.7 Å². The maximum Gasteiger partial charge on any atom is 0.243 e. The first-order chi connectivity index (χ1) is 14.2. The van der Waals surface area contributed by atoms with E-state index in [0.29, 0.717) is 6.54 Å². The third-order valence-corrected chi connectivity index (χ3v) is 5.24. The molecular weight excluding hydrogens is 360 g/mol. The van der Waals surface area contributed by atoms with Gasteiger partial charge in [-0.15, -0.1) is 0 Å². The van der Waals surface area contributed by atoms with Crippen molar-refractivity contribution in [1.29, 1.82) is 0 Å². The molecule has 0 bridgehead atoms. The van der Waals surface area contributed by atoms with Crippen LogP contribution in [0.3, 0.4) is 0 Å². The molecule has 0 aliphatic carbocycles. The van der Waals surface area contributed by atoms with Crippen LogP contribution < -0.4 is 5.32 Å². The Bertz CT molecular complexity index is 1180. The van der Waals surface area contributed by atoms with E-state index < -0.39 is 0 Å². The third-order valence-electron chi connectivity index (χ3n) is 5.24. The number of nitrogens with zero attached hydrogens (tertiary/aromatic N) is 3. The molecule has 0 fully saturated rings. The molecule has 148 valence electrons. The molecule has 0 atom stereocenters. The van der Waals surface area contributed by atoms with Gasteiger partial charge >= 0.3 is 0 Å². The third kappa shape index (κ3) is 4.09. The van der Waals surface area contributed by atoms with E-state index in [2.05, 4.69) is 64.4 Å². The van der Waals surface area contributed by atoms with Crippen LogP contribution in [-0.2, 0) is 24.8 Å². The molecule has 0 spiro atoms. The number of aromatic nitrogens is 3. The largest absolute Gasteiger partial charge is 0.353 e. The van der Waals surface area contributed by atoms with Crippen LogP contribution >= 0.6 is 0 Å². The van der Waals surface area contributed by atoms with E-state index in [1.54, 1.807) is 10.8 Å². The van der Waals surface area contributed by atoms with Crippen LogP contribution in [-0.4, -0.2) is 26.8 Å². The average Bonchev–Trinajstić information content (AvgIpc) is 3.30. The van der Waals surface area contributed by atoms with Gasteiger partial charge in [-0.1, -0.05) is 24.3 Å². The molecule has 0 unspecified atom stereocenters. The molecule has 1 N–H and O–H groups in total. The molecule has 5 heteroatoms. The number of nitrogens with one attached hydrogen (secondary N) is 1. The number of para-hydroxylation sites is 1. The van der Waals surface area contributed by atoms with Gasteiger partial charge < -0.3 is 9.88 Å². The molecule has 0 aliphatic heterocycles. The van der Waals surface area contributed by atoms with E-state index in [-0.39, 0.29) is 5.91 Å². The lowest BCUT2D eigenvalue weighted by Crippen LogP contribution is -2.22. The summed E-state index contributed by atoms with van der Waals surface area (Å²) >= 11 is 0. The van der Waals surface area contributed by atoms with Gasteiger partial charge in [0, 0.05) is 54.2 Å². The number of rotatable bonds is 7. The molecule has 1 amide bonds. The van der Waals surface area contributed by atoms with Gasteiger partial charge in [0.15, 0.2) is 0 Å². The molecule has 4 rings (SSSR count). The van der Waals surface area contributed by atoms with Gasteiger partial charge in [0.05, 0.1) is 6.20 Å². The van der Waals surface area contributed by atoms with E-state index in [4.69, 9.17) is 0 Å². The molecule has 0 aliphatic rings. The number of hydrogen-bond acceptors (Lipinski definition) is 2. The topological polar surface area (TPSA) is 51.9 Å². The Morgan fingerprint density at radius 1 is 1.14 bits per heavy atom. The van der Waals surface area contributed by atoms with E-state index in [0.717, 1.165) is 24.9 Å². The summed E-state index contributed by atoms with van der Waals surface area (Å²) in [6.07, 6.45) is 9.18. The molecule has 2 aromatic heterocycles. The molecule has 5 nitrogen and oxygen atoms in total. The highest BCUT2D eigenvalue weighted by molar-refractivity contribution is 6.08. The molecule has 2 heterocycles. The van der Waals surface area contributed by atoms with Crippen molar-refractivity contribution in [2.75, 3.05) is 6.54 Å². The predicted octanol–water partition coefficient (Wildman–Crippen LogP) is 4.31. The Balaban J connectivity index is 1.41. The maximum atomic E-state index is 12.1. The first kappa shape index (κ1) is 19.0. The van der Waals surface area contributed by atoms with E-state index in [9.17, 15) is 4.79 Å². The fraction of sp³-hybridized carbons (Fsp3) is 0.250. The molecule has 29 heavy (non-hydrogen) atoms. The van der Waals surface area contributed by atoms with E-state index in [1.165, 1.54) is 27.4 Å². The lowest BCUT2D eigenvalue weighted by molar-refractivity contribution is -0.116. The number of fused-ring (bicyclic) bond motifs is 3. The Morgan fingerprint density at radius 2 is 1.97 bits per heavy atom. The van der Waals surface area contributed by atoms with Crippen molar-refractivity contribution in [2.24, 2.45) is 7.05 Å². The second-order valence-corrected chi connectivity index (χ2v) is 7.29. The van der Waals surface area contributed by atoms with Crippen LogP contribution in [0.4, 0.5) is 0 Å². The predicted molar refractivity (Wildman–Crippen MR) is 119 cm³/mol. The summed E-state index contributed by atoms with van der Waals surface area (Å²) in [6, 6.07) is 14.8. The van der Waals surface area contributed by atoms with Crippen molar-refractivity contribution in [3.8, 4) is 0 Å². The Morgan fingerprint density at radius 3 is 2.76 bits per heavy atom. The van der Waals surface area contributed by atoms with E-state index in [1.807, 2.05) is 25.5 Å². The van der Waals surface area contributed by atoms with Gasteiger partial charge in [-0.05, 0) is 55.2 Å².